The molecule has 0 amide bonds. The highest BCUT2D eigenvalue weighted by molar-refractivity contribution is 7.93. The van der Waals surface area contributed by atoms with Gasteiger partial charge in [0.2, 0.25) is 16.1 Å². The van der Waals surface area contributed by atoms with Crippen LogP contribution in [0.15, 0.2) is 45.5 Å². The van der Waals surface area contributed by atoms with Gasteiger partial charge in [0.05, 0.1) is 17.0 Å². The van der Waals surface area contributed by atoms with Crippen LogP contribution in [-0.2, 0) is 24.1 Å². The Kier molecular flexibility index (Phi) is 5.51. The number of esters is 1. The van der Waals surface area contributed by atoms with Crippen molar-refractivity contribution in [2.75, 3.05) is 0 Å². The summed E-state index contributed by atoms with van der Waals surface area (Å²) in [6.07, 6.45) is 1.42. The van der Waals surface area contributed by atoms with E-state index in [1.54, 1.807) is 25.1 Å². The van der Waals surface area contributed by atoms with Crippen molar-refractivity contribution in [1.29, 1.82) is 0 Å². The van der Waals surface area contributed by atoms with Crippen LogP contribution in [0.5, 0.6) is 0 Å². The second-order valence-electron chi connectivity index (χ2n) is 9.27. The van der Waals surface area contributed by atoms with E-state index in [1.807, 2.05) is 0 Å². The SMILES string of the molecule is CC(C)[C@@H]1CC[C@@H](C)C[C@H]1O[C@H]1OC(=O)[C@@H]2[C@@H](C)N=N[C@]12S(=O)(=O)c1ccccc1. The number of hydrogen-bond donors (Lipinski definition) is 0. The van der Waals surface area contributed by atoms with Gasteiger partial charge in [0.25, 0.3) is 4.87 Å². The molecule has 7 atom stereocenters. The summed E-state index contributed by atoms with van der Waals surface area (Å²) in [7, 11) is -4.09. The van der Waals surface area contributed by atoms with Gasteiger partial charge in [-0.25, -0.2) is 8.42 Å². The van der Waals surface area contributed by atoms with E-state index in [-0.39, 0.29) is 16.9 Å². The Morgan fingerprint density at radius 1 is 1.17 bits per heavy atom. The fraction of sp³-hybridized carbons (Fsp3) is 0.682. The van der Waals surface area contributed by atoms with Gasteiger partial charge < -0.3 is 9.47 Å². The van der Waals surface area contributed by atoms with E-state index >= 15 is 0 Å². The van der Waals surface area contributed by atoms with Gasteiger partial charge in [-0.05, 0) is 49.7 Å². The molecule has 3 aliphatic rings. The lowest BCUT2D eigenvalue weighted by molar-refractivity contribution is -0.192. The number of rotatable bonds is 5. The maximum absolute atomic E-state index is 13.8. The predicted octanol–water partition coefficient (Wildman–Crippen LogP) is 3.99. The number of carbonyl (C=O) groups is 1. The van der Waals surface area contributed by atoms with Gasteiger partial charge in [-0.1, -0.05) is 45.4 Å². The molecule has 2 fully saturated rings. The van der Waals surface area contributed by atoms with Gasteiger partial charge in [-0.2, -0.15) is 10.2 Å². The van der Waals surface area contributed by atoms with Crippen molar-refractivity contribution < 1.29 is 22.7 Å². The lowest BCUT2D eigenvalue weighted by Crippen LogP contribution is -2.52. The highest BCUT2D eigenvalue weighted by Crippen LogP contribution is 2.51. The third-order valence-electron chi connectivity index (χ3n) is 6.88. The molecule has 0 aromatic heterocycles. The molecule has 1 saturated heterocycles. The Hall–Kier alpha value is -1.80. The van der Waals surface area contributed by atoms with Gasteiger partial charge in [-0.15, -0.1) is 0 Å². The average molecular weight is 435 g/mol. The normalized spacial score (nSPS) is 38.6. The first kappa shape index (κ1) is 21.4. The van der Waals surface area contributed by atoms with E-state index in [0.29, 0.717) is 11.8 Å². The van der Waals surface area contributed by atoms with Crippen LogP contribution in [0, 0.1) is 23.7 Å². The number of cyclic esters (lactones) is 1. The predicted molar refractivity (Wildman–Crippen MR) is 110 cm³/mol. The highest BCUT2D eigenvalue weighted by atomic mass is 32.2. The zero-order valence-electron chi connectivity index (χ0n) is 17.9. The molecule has 1 aromatic carbocycles. The van der Waals surface area contributed by atoms with Crippen LogP contribution in [0.3, 0.4) is 0 Å². The van der Waals surface area contributed by atoms with Crippen LogP contribution in [0.2, 0.25) is 0 Å². The molecule has 2 heterocycles. The van der Waals surface area contributed by atoms with Gasteiger partial charge in [0.15, 0.2) is 0 Å². The van der Waals surface area contributed by atoms with E-state index in [1.165, 1.54) is 12.1 Å². The summed E-state index contributed by atoms with van der Waals surface area (Å²) in [6.45, 7) is 8.16. The smallest absolute Gasteiger partial charge is 0.317 e. The molecule has 0 spiro atoms. The summed E-state index contributed by atoms with van der Waals surface area (Å²) in [4.78, 5) is 11.0. The minimum absolute atomic E-state index is 0.0902. The van der Waals surface area contributed by atoms with Crippen LogP contribution in [0.1, 0.15) is 47.0 Å². The van der Waals surface area contributed by atoms with E-state index < -0.39 is 38.9 Å². The van der Waals surface area contributed by atoms with Crippen molar-refractivity contribution in [1.82, 2.24) is 0 Å². The largest absolute Gasteiger partial charge is 0.431 e. The zero-order valence-corrected chi connectivity index (χ0v) is 18.7. The lowest BCUT2D eigenvalue weighted by Gasteiger charge is -2.39. The van der Waals surface area contributed by atoms with Crippen LogP contribution in [0.4, 0.5) is 0 Å². The number of azo groups is 1. The van der Waals surface area contributed by atoms with Crippen LogP contribution >= 0.6 is 0 Å². The van der Waals surface area contributed by atoms with Gasteiger partial charge >= 0.3 is 5.97 Å². The first-order valence-corrected chi connectivity index (χ1v) is 12.2. The summed E-state index contributed by atoms with van der Waals surface area (Å²) in [6, 6.07) is 7.49. The summed E-state index contributed by atoms with van der Waals surface area (Å²) >= 11 is 0. The average Bonchev–Trinajstić information content (AvgIpc) is 3.20. The Morgan fingerprint density at radius 3 is 2.53 bits per heavy atom. The maximum Gasteiger partial charge on any atom is 0.317 e. The molecule has 0 bridgehead atoms. The molecule has 164 valence electrons. The standard InChI is InChI=1S/C22H30N2O5S/c1-13(2)17-11-10-14(3)12-18(17)28-21-22(19(20(25)29-21)15(4)23-24-22)30(26,27)16-8-6-5-7-9-16/h5-9,13-15,17-19,21H,10-12H2,1-4H3/t14-,15-,17+,18-,19+,21+,22-/m1/s1. The van der Waals surface area contributed by atoms with Crippen molar-refractivity contribution in [2.24, 2.45) is 33.9 Å². The molecule has 0 radical (unpaired) electrons. The number of ether oxygens (including phenoxy) is 2. The van der Waals surface area contributed by atoms with Crippen LogP contribution in [0.25, 0.3) is 0 Å². The first-order chi connectivity index (χ1) is 14.2. The molecule has 0 N–H and O–H groups in total. The Balaban J connectivity index is 1.76. The Bertz CT molecular complexity index is 932. The number of carbonyl (C=O) groups excluding carboxylic acids is 1. The topological polar surface area (TPSA) is 94.4 Å². The second-order valence-corrected chi connectivity index (χ2v) is 11.4. The lowest BCUT2D eigenvalue weighted by atomic mass is 9.75. The fourth-order valence-electron chi connectivity index (χ4n) is 5.17. The van der Waals surface area contributed by atoms with E-state index in [0.717, 1.165) is 19.3 Å². The first-order valence-electron chi connectivity index (χ1n) is 10.8. The molecular formula is C22H30N2O5S. The molecule has 1 saturated carbocycles. The van der Waals surface area contributed by atoms with Crippen LogP contribution < -0.4 is 0 Å². The minimum Gasteiger partial charge on any atom is -0.431 e. The van der Waals surface area contributed by atoms with Gasteiger partial charge in [0.1, 0.15) is 5.92 Å². The Morgan fingerprint density at radius 2 is 1.87 bits per heavy atom. The third kappa shape index (κ3) is 3.19. The molecule has 1 aliphatic carbocycles. The number of benzene rings is 1. The summed E-state index contributed by atoms with van der Waals surface area (Å²) < 4.78 is 39.5. The Labute approximate surface area is 178 Å². The zero-order chi connectivity index (χ0) is 21.7. The number of hydrogen-bond acceptors (Lipinski definition) is 7. The molecule has 8 heteroatoms. The number of sulfone groups is 1. The van der Waals surface area contributed by atoms with Crippen molar-refractivity contribution >= 4 is 15.8 Å². The molecule has 0 unspecified atom stereocenters. The number of fused-ring (bicyclic) bond motifs is 1. The molecule has 7 nitrogen and oxygen atoms in total. The molecular weight excluding hydrogens is 404 g/mol. The number of nitrogens with zero attached hydrogens (tertiary/aromatic N) is 2. The second kappa shape index (κ2) is 7.71. The summed E-state index contributed by atoms with van der Waals surface area (Å²) in [5.74, 6) is -0.510. The van der Waals surface area contributed by atoms with E-state index in [9.17, 15) is 13.2 Å². The molecule has 1 aromatic rings. The van der Waals surface area contributed by atoms with E-state index in [2.05, 4.69) is 31.0 Å². The quantitative estimate of drug-likeness (QED) is 0.653. The maximum atomic E-state index is 13.8. The molecule has 2 aliphatic heterocycles. The van der Waals surface area contributed by atoms with Gasteiger partial charge in [-0.3, -0.25) is 4.79 Å². The molecule has 4 rings (SSSR count). The summed E-state index contributed by atoms with van der Waals surface area (Å²) in [5.41, 5.74) is 0. The van der Waals surface area contributed by atoms with Crippen molar-refractivity contribution in [3.05, 3.63) is 30.3 Å². The monoisotopic (exact) mass is 434 g/mol. The fourth-order valence-corrected chi connectivity index (χ4v) is 7.20. The van der Waals surface area contributed by atoms with Crippen molar-refractivity contribution in [3.8, 4) is 0 Å². The van der Waals surface area contributed by atoms with E-state index in [4.69, 9.17) is 9.47 Å². The minimum atomic E-state index is -4.09. The van der Waals surface area contributed by atoms with Crippen molar-refractivity contribution in [3.63, 3.8) is 0 Å². The third-order valence-corrected chi connectivity index (χ3v) is 9.16. The summed E-state index contributed by atoms with van der Waals surface area (Å²) in [5, 5.41) is 8.32. The highest BCUT2D eigenvalue weighted by Gasteiger charge is 2.72. The van der Waals surface area contributed by atoms with Crippen LogP contribution in [-0.4, -0.2) is 37.7 Å². The van der Waals surface area contributed by atoms with Crippen molar-refractivity contribution in [2.45, 2.75) is 75.2 Å². The van der Waals surface area contributed by atoms with Gasteiger partial charge in [0, 0.05) is 0 Å². The molecule has 30 heavy (non-hydrogen) atoms.